The van der Waals surface area contributed by atoms with Gasteiger partial charge in [-0.2, -0.15) is 0 Å². The lowest BCUT2D eigenvalue weighted by atomic mass is 10.1. The molecule has 0 aliphatic carbocycles. The molecule has 24 heavy (non-hydrogen) atoms. The second-order valence-electron chi connectivity index (χ2n) is 5.58. The zero-order chi connectivity index (χ0) is 17.6. The van der Waals surface area contributed by atoms with Crippen LogP contribution >= 0.6 is 23.2 Å². The van der Waals surface area contributed by atoms with Gasteiger partial charge >= 0.3 is 0 Å². The highest BCUT2D eigenvalue weighted by atomic mass is 35.5. The molecule has 0 heterocycles. The first-order chi connectivity index (χ1) is 11.7. The van der Waals surface area contributed by atoms with Gasteiger partial charge in [-0.3, -0.25) is 4.79 Å². The van der Waals surface area contributed by atoms with Crippen molar-refractivity contribution in [1.82, 2.24) is 5.32 Å². The van der Waals surface area contributed by atoms with E-state index in [1.807, 2.05) is 0 Å². The molecule has 1 aromatic rings. The number of alkyl halides is 2. The minimum Gasteiger partial charge on any atom is -0.385 e. The van der Waals surface area contributed by atoms with Crippen LogP contribution in [0.5, 0.6) is 0 Å². The molecule has 0 fully saturated rings. The third kappa shape index (κ3) is 8.76. The van der Waals surface area contributed by atoms with Crippen molar-refractivity contribution >= 4 is 34.8 Å². The van der Waals surface area contributed by atoms with Crippen LogP contribution in [0.25, 0.3) is 0 Å². The number of hydrogen-bond donors (Lipinski definition) is 1. The van der Waals surface area contributed by atoms with Gasteiger partial charge in [0.05, 0.1) is 0 Å². The van der Waals surface area contributed by atoms with E-state index in [4.69, 9.17) is 27.9 Å². The van der Waals surface area contributed by atoms with Crippen molar-refractivity contribution in [3.63, 3.8) is 0 Å². The second-order valence-corrected chi connectivity index (χ2v) is 6.34. The Balaban J connectivity index is 2.32. The fourth-order valence-electron chi connectivity index (χ4n) is 2.43. The summed E-state index contributed by atoms with van der Waals surface area (Å²) in [6.07, 6.45) is 3.16. The first kappa shape index (κ1) is 21.1. The maximum absolute atomic E-state index is 11.7. The Morgan fingerprint density at radius 2 is 1.79 bits per heavy atom. The molecule has 0 aromatic heterocycles. The molecule has 136 valence electrons. The smallest absolute Gasteiger partial charge is 0.220 e. The molecule has 0 aliphatic heterocycles. The summed E-state index contributed by atoms with van der Waals surface area (Å²) in [6.45, 7) is 2.93. The number of nitrogens with zero attached hydrogens (tertiary/aromatic N) is 1. The topological polar surface area (TPSA) is 41.6 Å². The predicted molar refractivity (Wildman–Crippen MR) is 103 cm³/mol. The van der Waals surface area contributed by atoms with Gasteiger partial charge in [0, 0.05) is 57.2 Å². The van der Waals surface area contributed by atoms with E-state index in [0.717, 1.165) is 38.0 Å². The van der Waals surface area contributed by atoms with Gasteiger partial charge in [0.1, 0.15) is 0 Å². The summed E-state index contributed by atoms with van der Waals surface area (Å²) in [6, 6.07) is 8.42. The first-order valence-electron chi connectivity index (χ1n) is 8.42. The minimum absolute atomic E-state index is 0.109. The van der Waals surface area contributed by atoms with Crippen LogP contribution in [-0.2, 0) is 16.0 Å². The summed E-state index contributed by atoms with van der Waals surface area (Å²) >= 11 is 11.7. The number of carbonyl (C=O) groups is 1. The number of ether oxygens (including phenoxy) is 1. The Hall–Kier alpha value is -0.970. The largest absolute Gasteiger partial charge is 0.385 e. The molecule has 1 rings (SSSR count). The highest BCUT2D eigenvalue weighted by molar-refractivity contribution is 6.18. The number of amides is 1. The third-order valence-electron chi connectivity index (χ3n) is 3.73. The monoisotopic (exact) mass is 374 g/mol. The Morgan fingerprint density at radius 1 is 1.12 bits per heavy atom. The van der Waals surface area contributed by atoms with E-state index in [1.165, 1.54) is 5.56 Å². The van der Waals surface area contributed by atoms with Crippen LogP contribution in [0, 0.1) is 0 Å². The molecule has 0 saturated carbocycles. The molecule has 4 nitrogen and oxygen atoms in total. The maximum Gasteiger partial charge on any atom is 0.220 e. The van der Waals surface area contributed by atoms with Gasteiger partial charge < -0.3 is 15.0 Å². The molecule has 0 bridgehead atoms. The van der Waals surface area contributed by atoms with E-state index in [1.54, 1.807) is 7.11 Å². The zero-order valence-corrected chi connectivity index (χ0v) is 15.9. The van der Waals surface area contributed by atoms with Crippen LogP contribution in [0.4, 0.5) is 5.69 Å². The molecule has 1 amide bonds. The molecular weight excluding hydrogens is 347 g/mol. The zero-order valence-electron chi connectivity index (χ0n) is 14.4. The quantitative estimate of drug-likeness (QED) is 0.424. The summed E-state index contributed by atoms with van der Waals surface area (Å²) in [4.78, 5) is 13.9. The van der Waals surface area contributed by atoms with E-state index in [2.05, 4.69) is 34.5 Å². The highest BCUT2D eigenvalue weighted by Gasteiger charge is 2.06. The number of aryl methyl sites for hydroxylation is 1. The van der Waals surface area contributed by atoms with Crippen molar-refractivity contribution in [2.75, 3.05) is 50.0 Å². The van der Waals surface area contributed by atoms with E-state index in [9.17, 15) is 4.79 Å². The number of methoxy groups -OCH3 is 1. The van der Waals surface area contributed by atoms with Gasteiger partial charge in [-0.15, -0.1) is 23.2 Å². The van der Waals surface area contributed by atoms with Crippen LogP contribution in [0.15, 0.2) is 24.3 Å². The van der Waals surface area contributed by atoms with Crippen LogP contribution < -0.4 is 10.2 Å². The summed E-state index contributed by atoms with van der Waals surface area (Å²) in [5, 5.41) is 2.91. The summed E-state index contributed by atoms with van der Waals surface area (Å²) in [5.74, 6) is 1.27. The van der Waals surface area contributed by atoms with E-state index in [0.29, 0.717) is 31.3 Å². The number of nitrogens with one attached hydrogen (secondary N) is 1. The van der Waals surface area contributed by atoms with Gasteiger partial charge in [-0.1, -0.05) is 12.1 Å². The standard InChI is InChI=1S/C18H28Cl2N2O2/c1-24-15-3-12-21-18(23)5-2-4-16-6-8-17(9-7-16)22(13-10-19)14-11-20/h6-9H,2-5,10-15H2,1H3,(H,21,23). The summed E-state index contributed by atoms with van der Waals surface area (Å²) < 4.78 is 4.95. The van der Waals surface area contributed by atoms with Crippen LogP contribution in [0.1, 0.15) is 24.8 Å². The Labute approximate surface area is 155 Å². The first-order valence-corrected chi connectivity index (χ1v) is 9.49. The Bertz CT molecular complexity index is 449. The number of carbonyl (C=O) groups excluding carboxylic acids is 1. The Kier molecular flexibility index (Phi) is 11.7. The lowest BCUT2D eigenvalue weighted by Crippen LogP contribution is -2.27. The highest BCUT2D eigenvalue weighted by Crippen LogP contribution is 2.16. The van der Waals surface area contributed by atoms with Crippen molar-refractivity contribution in [2.24, 2.45) is 0 Å². The van der Waals surface area contributed by atoms with E-state index >= 15 is 0 Å². The van der Waals surface area contributed by atoms with E-state index in [-0.39, 0.29) is 5.91 Å². The van der Waals surface area contributed by atoms with Gasteiger partial charge in [-0.25, -0.2) is 0 Å². The van der Waals surface area contributed by atoms with Crippen molar-refractivity contribution < 1.29 is 9.53 Å². The number of anilines is 1. The fourth-order valence-corrected chi connectivity index (χ4v) is 2.84. The second kappa shape index (κ2) is 13.3. The average molecular weight is 375 g/mol. The van der Waals surface area contributed by atoms with E-state index < -0.39 is 0 Å². The fraction of sp³-hybridized carbons (Fsp3) is 0.611. The number of hydrogen-bond acceptors (Lipinski definition) is 3. The molecule has 1 N–H and O–H groups in total. The molecular formula is C18H28Cl2N2O2. The molecule has 0 spiro atoms. The number of rotatable bonds is 13. The molecule has 0 unspecified atom stereocenters. The van der Waals surface area contributed by atoms with Crippen molar-refractivity contribution in [3.05, 3.63) is 29.8 Å². The van der Waals surface area contributed by atoms with Crippen molar-refractivity contribution in [1.29, 1.82) is 0 Å². The molecule has 0 saturated heterocycles. The molecule has 0 aliphatic rings. The normalized spacial score (nSPS) is 10.6. The van der Waals surface area contributed by atoms with Gasteiger partial charge in [0.15, 0.2) is 0 Å². The molecule has 0 atom stereocenters. The lowest BCUT2D eigenvalue weighted by Gasteiger charge is -2.23. The van der Waals surface area contributed by atoms with Crippen LogP contribution in [-0.4, -0.2) is 51.0 Å². The van der Waals surface area contributed by atoms with Gasteiger partial charge in [-0.05, 0) is 37.0 Å². The Morgan fingerprint density at radius 3 is 2.38 bits per heavy atom. The SMILES string of the molecule is COCCCNC(=O)CCCc1ccc(N(CCCl)CCCl)cc1. The summed E-state index contributed by atoms with van der Waals surface area (Å²) in [5.41, 5.74) is 2.37. The van der Waals surface area contributed by atoms with Crippen molar-refractivity contribution in [2.45, 2.75) is 25.7 Å². The maximum atomic E-state index is 11.7. The van der Waals surface area contributed by atoms with Crippen molar-refractivity contribution in [3.8, 4) is 0 Å². The van der Waals surface area contributed by atoms with Crippen LogP contribution in [0.2, 0.25) is 0 Å². The third-order valence-corrected chi connectivity index (χ3v) is 4.07. The molecule has 6 heteroatoms. The lowest BCUT2D eigenvalue weighted by molar-refractivity contribution is -0.121. The van der Waals surface area contributed by atoms with Gasteiger partial charge in [0.25, 0.3) is 0 Å². The van der Waals surface area contributed by atoms with Gasteiger partial charge in [0.2, 0.25) is 5.91 Å². The molecule has 1 aromatic carbocycles. The minimum atomic E-state index is 0.109. The number of benzene rings is 1. The number of halogens is 2. The molecule has 0 radical (unpaired) electrons. The summed E-state index contributed by atoms with van der Waals surface area (Å²) in [7, 11) is 1.66. The average Bonchev–Trinajstić information content (AvgIpc) is 2.59. The predicted octanol–water partition coefficient (Wildman–Crippen LogP) is 3.45. The van der Waals surface area contributed by atoms with Crippen LogP contribution in [0.3, 0.4) is 0 Å².